The normalized spacial score (nSPS) is 13.8. The Bertz CT molecular complexity index is 431. The smallest absolute Gasteiger partial charge is 0.332 e. The lowest BCUT2D eigenvalue weighted by molar-refractivity contribution is -0.148. The predicted octanol–water partition coefficient (Wildman–Crippen LogP) is -0.111. The summed E-state index contributed by atoms with van der Waals surface area (Å²) in [6, 6.07) is 2.15. The number of furan rings is 1. The number of nitrogens with one attached hydrogen (secondary N) is 1. The number of esters is 1. The van der Waals surface area contributed by atoms with Gasteiger partial charge in [0.05, 0.1) is 18.9 Å². The van der Waals surface area contributed by atoms with E-state index in [1.54, 1.807) is 19.3 Å². The van der Waals surface area contributed by atoms with Crippen molar-refractivity contribution in [2.45, 2.75) is 19.0 Å². The van der Waals surface area contributed by atoms with E-state index in [9.17, 15) is 9.59 Å². The molecule has 1 rings (SSSR count). The van der Waals surface area contributed by atoms with Crippen molar-refractivity contribution in [2.24, 2.45) is 5.73 Å². The van der Waals surface area contributed by atoms with Crippen molar-refractivity contribution in [1.29, 1.82) is 0 Å². The number of nitrogens with two attached hydrogens (primary N) is 1. The Morgan fingerprint density at radius 3 is 2.70 bits per heavy atom. The fraction of sp³-hybridized carbons (Fsp3) is 0.538. The fourth-order valence-electron chi connectivity index (χ4n) is 1.66. The van der Waals surface area contributed by atoms with E-state index in [4.69, 9.17) is 14.9 Å². The van der Waals surface area contributed by atoms with Crippen molar-refractivity contribution in [1.82, 2.24) is 10.2 Å². The van der Waals surface area contributed by atoms with Gasteiger partial charge in [-0.2, -0.15) is 0 Å². The second-order valence-electron chi connectivity index (χ2n) is 4.47. The van der Waals surface area contributed by atoms with E-state index in [-0.39, 0.29) is 19.2 Å². The number of carbonyl (C=O) groups is 2. The summed E-state index contributed by atoms with van der Waals surface area (Å²) in [5, 5.41) is 2.63. The highest BCUT2D eigenvalue weighted by atomic mass is 16.5. The van der Waals surface area contributed by atoms with Gasteiger partial charge >= 0.3 is 5.97 Å². The molecule has 0 aromatic carbocycles. The molecule has 1 aromatic heterocycles. The largest absolute Gasteiger partial charge is 0.468 e. The first-order valence-electron chi connectivity index (χ1n) is 6.37. The zero-order valence-corrected chi connectivity index (χ0v) is 12.0. The Labute approximate surface area is 118 Å². The van der Waals surface area contributed by atoms with Gasteiger partial charge in [0.25, 0.3) is 0 Å². The van der Waals surface area contributed by atoms with Gasteiger partial charge in [0.15, 0.2) is 6.04 Å². The van der Waals surface area contributed by atoms with Crippen LogP contribution in [-0.4, -0.2) is 50.1 Å². The van der Waals surface area contributed by atoms with Gasteiger partial charge in [-0.15, -0.1) is 0 Å². The van der Waals surface area contributed by atoms with Crippen molar-refractivity contribution in [2.75, 3.05) is 27.2 Å². The Morgan fingerprint density at radius 2 is 2.20 bits per heavy atom. The molecule has 2 unspecified atom stereocenters. The number of ether oxygens (including phenoxy) is 1. The van der Waals surface area contributed by atoms with E-state index in [1.807, 2.05) is 25.1 Å². The van der Waals surface area contributed by atoms with Crippen LogP contribution in [0.25, 0.3) is 0 Å². The Kier molecular flexibility index (Phi) is 6.20. The van der Waals surface area contributed by atoms with Crippen LogP contribution in [0.1, 0.15) is 18.7 Å². The number of hydrogen-bond acceptors (Lipinski definition) is 6. The third-order valence-electron chi connectivity index (χ3n) is 2.79. The van der Waals surface area contributed by atoms with Gasteiger partial charge < -0.3 is 20.2 Å². The topological polar surface area (TPSA) is 97.8 Å². The second kappa shape index (κ2) is 7.66. The number of likely N-dealkylation sites (N-methyl/N-ethyl adjacent to an activating group) is 1. The van der Waals surface area contributed by atoms with Crippen LogP contribution in [0, 0.1) is 0 Å². The minimum Gasteiger partial charge on any atom is -0.468 e. The number of amides is 1. The molecule has 1 amide bonds. The quantitative estimate of drug-likeness (QED) is 0.535. The Balaban J connectivity index is 2.56. The average Bonchev–Trinajstić information content (AvgIpc) is 2.91. The molecule has 0 aliphatic heterocycles. The minimum atomic E-state index is -1.31. The lowest BCUT2D eigenvalue weighted by Crippen LogP contribution is -2.48. The number of nitrogens with zero attached hydrogens (tertiary/aromatic N) is 1. The van der Waals surface area contributed by atoms with Crippen LogP contribution < -0.4 is 11.1 Å². The van der Waals surface area contributed by atoms with E-state index < -0.39 is 17.9 Å². The molecule has 0 aliphatic rings. The zero-order valence-electron chi connectivity index (χ0n) is 12.0. The summed E-state index contributed by atoms with van der Waals surface area (Å²) in [7, 11) is 3.73. The standard InChI is InChI=1S/C13H21N3O4/c1-4-19-13(18)11(14)12(17)15-8-9(16(2)3)10-6-5-7-20-10/h5-7,9,11H,4,8,14H2,1-3H3,(H,15,17). The molecule has 0 spiro atoms. The molecule has 3 N–H and O–H groups in total. The molecule has 112 valence electrons. The van der Waals surface area contributed by atoms with Gasteiger partial charge in [0.1, 0.15) is 5.76 Å². The van der Waals surface area contributed by atoms with E-state index >= 15 is 0 Å². The van der Waals surface area contributed by atoms with Crippen LogP contribution in [-0.2, 0) is 14.3 Å². The van der Waals surface area contributed by atoms with Crippen molar-refractivity contribution in [3.8, 4) is 0 Å². The molecule has 2 atom stereocenters. The van der Waals surface area contributed by atoms with Crippen LogP contribution in [0.2, 0.25) is 0 Å². The highest BCUT2D eigenvalue weighted by Gasteiger charge is 2.25. The molecule has 7 nitrogen and oxygen atoms in total. The maximum absolute atomic E-state index is 11.8. The predicted molar refractivity (Wildman–Crippen MR) is 72.8 cm³/mol. The van der Waals surface area contributed by atoms with Crippen LogP contribution in [0.3, 0.4) is 0 Å². The van der Waals surface area contributed by atoms with Gasteiger partial charge in [-0.25, -0.2) is 4.79 Å². The number of rotatable bonds is 7. The van der Waals surface area contributed by atoms with Crippen LogP contribution in [0.15, 0.2) is 22.8 Å². The summed E-state index contributed by atoms with van der Waals surface area (Å²) in [5.41, 5.74) is 5.50. The van der Waals surface area contributed by atoms with Crippen LogP contribution in [0.5, 0.6) is 0 Å². The molecule has 7 heteroatoms. The summed E-state index contributed by atoms with van der Waals surface area (Å²) >= 11 is 0. The highest BCUT2D eigenvalue weighted by Crippen LogP contribution is 2.17. The minimum absolute atomic E-state index is 0.136. The molecular formula is C13H21N3O4. The molecule has 0 saturated carbocycles. The highest BCUT2D eigenvalue weighted by molar-refractivity contribution is 6.01. The Morgan fingerprint density at radius 1 is 1.50 bits per heavy atom. The van der Waals surface area contributed by atoms with E-state index in [0.29, 0.717) is 0 Å². The SMILES string of the molecule is CCOC(=O)C(N)C(=O)NCC(c1ccco1)N(C)C. The van der Waals surface area contributed by atoms with Crippen molar-refractivity contribution < 1.29 is 18.7 Å². The molecule has 0 bridgehead atoms. The number of hydrogen-bond donors (Lipinski definition) is 2. The first-order valence-corrected chi connectivity index (χ1v) is 6.37. The molecule has 0 saturated heterocycles. The van der Waals surface area contributed by atoms with Crippen molar-refractivity contribution in [3.05, 3.63) is 24.2 Å². The van der Waals surface area contributed by atoms with Crippen molar-refractivity contribution >= 4 is 11.9 Å². The summed E-state index contributed by atoms with van der Waals surface area (Å²) in [6.07, 6.45) is 1.57. The van der Waals surface area contributed by atoms with Gasteiger partial charge in [0.2, 0.25) is 5.91 Å². The van der Waals surface area contributed by atoms with E-state index in [1.165, 1.54) is 0 Å². The monoisotopic (exact) mass is 283 g/mol. The zero-order chi connectivity index (χ0) is 15.1. The third kappa shape index (κ3) is 4.36. The van der Waals surface area contributed by atoms with Crippen LogP contribution >= 0.6 is 0 Å². The first-order chi connectivity index (χ1) is 9.47. The third-order valence-corrected chi connectivity index (χ3v) is 2.79. The molecular weight excluding hydrogens is 262 g/mol. The summed E-state index contributed by atoms with van der Waals surface area (Å²) in [5.74, 6) is -0.578. The summed E-state index contributed by atoms with van der Waals surface area (Å²) in [4.78, 5) is 25.0. The fourth-order valence-corrected chi connectivity index (χ4v) is 1.66. The van der Waals surface area contributed by atoms with Gasteiger partial charge in [-0.1, -0.05) is 0 Å². The number of carbonyl (C=O) groups excluding carboxylic acids is 2. The molecule has 0 fully saturated rings. The van der Waals surface area contributed by atoms with Crippen molar-refractivity contribution in [3.63, 3.8) is 0 Å². The molecule has 0 aliphatic carbocycles. The van der Waals surface area contributed by atoms with Gasteiger partial charge in [0, 0.05) is 6.54 Å². The van der Waals surface area contributed by atoms with E-state index in [2.05, 4.69) is 5.32 Å². The van der Waals surface area contributed by atoms with Gasteiger partial charge in [-0.05, 0) is 33.2 Å². The lowest BCUT2D eigenvalue weighted by atomic mass is 10.2. The lowest BCUT2D eigenvalue weighted by Gasteiger charge is -2.23. The van der Waals surface area contributed by atoms with Gasteiger partial charge in [-0.3, -0.25) is 9.69 Å². The Hall–Kier alpha value is -1.86. The van der Waals surface area contributed by atoms with Crippen LogP contribution in [0.4, 0.5) is 0 Å². The second-order valence-corrected chi connectivity index (χ2v) is 4.47. The molecule has 1 heterocycles. The van der Waals surface area contributed by atoms with E-state index in [0.717, 1.165) is 5.76 Å². The first kappa shape index (κ1) is 16.2. The maximum atomic E-state index is 11.8. The maximum Gasteiger partial charge on any atom is 0.332 e. The molecule has 1 aromatic rings. The summed E-state index contributed by atoms with van der Waals surface area (Å²) < 4.78 is 10.0. The molecule has 20 heavy (non-hydrogen) atoms. The molecule has 0 radical (unpaired) electrons. The average molecular weight is 283 g/mol. The summed E-state index contributed by atoms with van der Waals surface area (Å²) in [6.45, 7) is 2.13.